The van der Waals surface area contributed by atoms with Gasteiger partial charge in [0.15, 0.2) is 0 Å². The van der Waals surface area contributed by atoms with E-state index in [4.69, 9.17) is 5.11 Å². The van der Waals surface area contributed by atoms with E-state index in [0.717, 1.165) is 24.9 Å². The number of carbonyl (C=O) groups is 2. The van der Waals surface area contributed by atoms with E-state index in [2.05, 4.69) is 4.98 Å². The largest absolute Gasteiger partial charge is 0.481 e. The van der Waals surface area contributed by atoms with E-state index in [0.29, 0.717) is 13.0 Å². The molecule has 1 aliphatic heterocycles. The molecule has 1 atom stereocenters. The average molecular weight is 276 g/mol. The van der Waals surface area contributed by atoms with E-state index in [1.165, 1.54) is 0 Å². The van der Waals surface area contributed by atoms with Crippen LogP contribution in [0.2, 0.25) is 0 Å². The number of rotatable bonds is 5. The van der Waals surface area contributed by atoms with E-state index in [9.17, 15) is 9.59 Å². The van der Waals surface area contributed by atoms with E-state index in [1.807, 2.05) is 12.1 Å². The Morgan fingerprint density at radius 1 is 1.45 bits per heavy atom. The zero-order valence-corrected chi connectivity index (χ0v) is 11.7. The number of nitrogens with zero attached hydrogens (tertiary/aromatic N) is 2. The molecule has 1 aromatic heterocycles. The molecule has 1 unspecified atom stereocenters. The molecule has 1 amide bonds. The molecule has 1 N–H and O–H groups in total. The van der Waals surface area contributed by atoms with Gasteiger partial charge in [0.05, 0.1) is 11.8 Å². The van der Waals surface area contributed by atoms with E-state index >= 15 is 0 Å². The number of likely N-dealkylation sites (tertiary alicyclic amines) is 1. The fourth-order valence-electron chi connectivity index (χ4n) is 2.77. The van der Waals surface area contributed by atoms with Crippen LogP contribution in [0.15, 0.2) is 24.5 Å². The normalized spacial score (nSPS) is 22.9. The summed E-state index contributed by atoms with van der Waals surface area (Å²) in [6.07, 6.45) is 5.69. The molecular formula is C15H20N2O3. The molecule has 0 radical (unpaired) electrons. The molecule has 1 aliphatic rings. The summed E-state index contributed by atoms with van der Waals surface area (Å²) in [5.41, 5.74) is 0.390. The van der Waals surface area contributed by atoms with Crippen LogP contribution in [-0.2, 0) is 16.0 Å². The molecule has 1 saturated heterocycles. The molecule has 5 nitrogen and oxygen atoms in total. The number of piperidine rings is 1. The highest BCUT2D eigenvalue weighted by atomic mass is 16.4. The van der Waals surface area contributed by atoms with Crippen molar-refractivity contribution >= 4 is 11.9 Å². The lowest BCUT2D eigenvalue weighted by Gasteiger charge is -2.38. The maximum absolute atomic E-state index is 12.5. The molecule has 108 valence electrons. The van der Waals surface area contributed by atoms with Crippen LogP contribution in [0, 0.1) is 5.41 Å². The van der Waals surface area contributed by atoms with Crippen molar-refractivity contribution in [1.29, 1.82) is 0 Å². The fraction of sp³-hybridized carbons (Fsp3) is 0.533. The standard InChI is InChI=1S/C15H20N2O3/c1-15(11-13(18)19)6-2-9-17(14(15)20)10-5-12-3-7-16-8-4-12/h3-4,7-8H,2,5-6,9-11H2,1H3,(H,18,19). The van der Waals surface area contributed by atoms with Gasteiger partial charge in [-0.3, -0.25) is 14.6 Å². The highest BCUT2D eigenvalue weighted by Crippen LogP contribution is 2.34. The molecule has 1 aromatic rings. The number of amides is 1. The van der Waals surface area contributed by atoms with Crippen LogP contribution in [0.4, 0.5) is 0 Å². The van der Waals surface area contributed by atoms with Crippen molar-refractivity contribution < 1.29 is 14.7 Å². The van der Waals surface area contributed by atoms with Crippen LogP contribution in [0.5, 0.6) is 0 Å². The van der Waals surface area contributed by atoms with Gasteiger partial charge >= 0.3 is 5.97 Å². The highest BCUT2D eigenvalue weighted by Gasteiger charge is 2.41. The van der Waals surface area contributed by atoms with Gasteiger partial charge in [0.2, 0.25) is 5.91 Å². The first-order valence-electron chi connectivity index (χ1n) is 6.91. The summed E-state index contributed by atoms with van der Waals surface area (Å²) >= 11 is 0. The minimum Gasteiger partial charge on any atom is -0.481 e. The third-order valence-electron chi connectivity index (χ3n) is 3.92. The monoisotopic (exact) mass is 276 g/mol. The van der Waals surface area contributed by atoms with Gasteiger partial charge in [0.1, 0.15) is 0 Å². The zero-order chi connectivity index (χ0) is 14.6. The van der Waals surface area contributed by atoms with Crippen molar-refractivity contribution in [2.24, 2.45) is 5.41 Å². The molecule has 2 heterocycles. The van der Waals surface area contributed by atoms with Gasteiger partial charge in [0, 0.05) is 25.5 Å². The van der Waals surface area contributed by atoms with Crippen molar-refractivity contribution in [1.82, 2.24) is 9.88 Å². The summed E-state index contributed by atoms with van der Waals surface area (Å²) in [6.45, 7) is 3.12. The Kier molecular flexibility index (Phi) is 4.37. The SMILES string of the molecule is CC1(CC(=O)O)CCCN(CCc2ccncc2)C1=O. The Hall–Kier alpha value is -1.91. The van der Waals surface area contributed by atoms with Gasteiger partial charge in [-0.15, -0.1) is 0 Å². The van der Waals surface area contributed by atoms with Crippen molar-refractivity contribution in [2.75, 3.05) is 13.1 Å². The minimum atomic E-state index is -0.906. The summed E-state index contributed by atoms with van der Waals surface area (Å²) in [6, 6.07) is 3.87. The number of carboxylic acid groups (broad SMARTS) is 1. The Morgan fingerprint density at radius 2 is 2.15 bits per heavy atom. The average Bonchev–Trinajstić information content (AvgIpc) is 2.41. The zero-order valence-electron chi connectivity index (χ0n) is 11.7. The lowest BCUT2D eigenvalue weighted by molar-refractivity contribution is -0.153. The molecule has 0 aromatic carbocycles. The van der Waals surface area contributed by atoms with Gasteiger partial charge in [-0.1, -0.05) is 6.92 Å². The molecule has 0 bridgehead atoms. The number of hydrogen-bond acceptors (Lipinski definition) is 3. The van der Waals surface area contributed by atoms with Crippen LogP contribution in [0.1, 0.15) is 31.7 Å². The van der Waals surface area contributed by atoms with Gasteiger partial charge in [0.25, 0.3) is 0 Å². The molecule has 20 heavy (non-hydrogen) atoms. The Morgan fingerprint density at radius 3 is 2.80 bits per heavy atom. The predicted octanol–water partition coefficient (Wildman–Crippen LogP) is 1.73. The number of pyridine rings is 1. The first kappa shape index (κ1) is 14.5. The molecule has 0 aliphatic carbocycles. The number of aromatic nitrogens is 1. The summed E-state index contributed by atoms with van der Waals surface area (Å²) < 4.78 is 0. The van der Waals surface area contributed by atoms with Gasteiger partial charge in [-0.05, 0) is 37.0 Å². The van der Waals surface area contributed by atoms with Crippen LogP contribution in [0.25, 0.3) is 0 Å². The molecular weight excluding hydrogens is 256 g/mol. The lowest BCUT2D eigenvalue weighted by atomic mass is 9.78. The second kappa shape index (κ2) is 6.03. The third kappa shape index (κ3) is 3.35. The summed E-state index contributed by atoms with van der Waals surface area (Å²) in [4.78, 5) is 29.1. The fourth-order valence-corrected chi connectivity index (χ4v) is 2.77. The van der Waals surface area contributed by atoms with Crippen LogP contribution in [0.3, 0.4) is 0 Å². The van der Waals surface area contributed by atoms with Crippen molar-refractivity contribution in [3.05, 3.63) is 30.1 Å². The summed E-state index contributed by atoms with van der Waals surface area (Å²) in [5, 5.41) is 8.97. The summed E-state index contributed by atoms with van der Waals surface area (Å²) in [7, 11) is 0. The molecule has 1 fully saturated rings. The number of hydrogen-bond donors (Lipinski definition) is 1. The first-order chi connectivity index (χ1) is 9.51. The first-order valence-corrected chi connectivity index (χ1v) is 6.91. The lowest BCUT2D eigenvalue weighted by Crippen LogP contribution is -2.48. The van der Waals surface area contributed by atoms with Gasteiger partial charge in [-0.2, -0.15) is 0 Å². The maximum atomic E-state index is 12.5. The second-order valence-electron chi connectivity index (χ2n) is 5.63. The van der Waals surface area contributed by atoms with Crippen LogP contribution >= 0.6 is 0 Å². The van der Waals surface area contributed by atoms with E-state index in [-0.39, 0.29) is 12.3 Å². The predicted molar refractivity (Wildman–Crippen MR) is 74.1 cm³/mol. The van der Waals surface area contributed by atoms with Crippen molar-refractivity contribution in [3.8, 4) is 0 Å². The smallest absolute Gasteiger partial charge is 0.304 e. The number of aliphatic carboxylic acids is 1. The molecule has 5 heteroatoms. The topological polar surface area (TPSA) is 70.5 Å². The Labute approximate surface area is 118 Å². The molecule has 2 rings (SSSR count). The molecule has 0 spiro atoms. The minimum absolute atomic E-state index is 0.0276. The van der Waals surface area contributed by atoms with E-state index < -0.39 is 11.4 Å². The molecule has 0 saturated carbocycles. The Balaban J connectivity index is 1.98. The van der Waals surface area contributed by atoms with Crippen LogP contribution in [-0.4, -0.2) is 40.0 Å². The van der Waals surface area contributed by atoms with Gasteiger partial charge < -0.3 is 10.0 Å². The van der Waals surface area contributed by atoms with E-state index in [1.54, 1.807) is 24.2 Å². The number of carbonyl (C=O) groups excluding carboxylic acids is 1. The highest BCUT2D eigenvalue weighted by molar-refractivity contribution is 5.87. The maximum Gasteiger partial charge on any atom is 0.304 e. The quantitative estimate of drug-likeness (QED) is 0.889. The van der Waals surface area contributed by atoms with Crippen LogP contribution < -0.4 is 0 Å². The second-order valence-corrected chi connectivity index (χ2v) is 5.63. The number of carboxylic acids is 1. The van der Waals surface area contributed by atoms with Crippen molar-refractivity contribution in [3.63, 3.8) is 0 Å². The Bertz CT molecular complexity index is 489. The third-order valence-corrected chi connectivity index (χ3v) is 3.92. The van der Waals surface area contributed by atoms with Gasteiger partial charge in [-0.25, -0.2) is 0 Å². The van der Waals surface area contributed by atoms with Crippen molar-refractivity contribution in [2.45, 2.75) is 32.6 Å². The summed E-state index contributed by atoms with van der Waals surface area (Å²) in [5.74, 6) is -0.933.